The Morgan fingerprint density at radius 3 is 2.65 bits per heavy atom. The summed E-state index contributed by atoms with van der Waals surface area (Å²) in [6.45, 7) is 6.68. The molecule has 126 valence electrons. The zero-order chi connectivity index (χ0) is 15.6. The number of aliphatic imine (C=N–C) groups is 1. The SMILES string of the molecule is CCCCNC(=NCc1csc(-c2ccccc2)n1)NCC.I. The number of unbranched alkanes of at least 4 members (excludes halogenated alkanes) is 1. The van der Waals surface area contributed by atoms with Crippen molar-refractivity contribution in [3.05, 3.63) is 41.4 Å². The van der Waals surface area contributed by atoms with Gasteiger partial charge in [0, 0.05) is 24.0 Å². The van der Waals surface area contributed by atoms with E-state index >= 15 is 0 Å². The van der Waals surface area contributed by atoms with Gasteiger partial charge in [-0.05, 0) is 13.3 Å². The van der Waals surface area contributed by atoms with E-state index in [1.165, 1.54) is 6.42 Å². The molecule has 0 aliphatic carbocycles. The Morgan fingerprint density at radius 2 is 1.96 bits per heavy atom. The molecule has 0 saturated carbocycles. The topological polar surface area (TPSA) is 49.3 Å². The molecule has 2 N–H and O–H groups in total. The quantitative estimate of drug-likeness (QED) is 0.290. The highest BCUT2D eigenvalue weighted by atomic mass is 127. The van der Waals surface area contributed by atoms with Crippen LogP contribution in [0.2, 0.25) is 0 Å². The first kappa shape index (κ1) is 19.9. The summed E-state index contributed by atoms with van der Waals surface area (Å²) in [4.78, 5) is 9.27. The van der Waals surface area contributed by atoms with Gasteiger partial charge in [0.2, 0.25) is 0 Å². The number of hydrogen-bond acceptors (Lipinski definition) is 3. The Hall–Kier alpha value is -1.15. The van der Waals surface area contributed by atoms with Gasteiger partial charge in [-0.3, -0.25) is 0 Å². The van der Waals surface area contributed by atoms with Gasteiger partial charge in [-0.2, -0.15) is 0 Å². The van der Waals surface area contributed by atoms with Crippen LogP contribution >= 0.6 is 35.3 Å². The summed E-state index contributed by atoms with van der Waals surface area (Å²) in [5, 5.41) is 9.75. The largest absolute Gasteiger partial charge is 0.357 e. The van der Waals surface area contributed by atoms with Crippen molar-refractivity contribution >= 4 is 41.3 Å². The molecule has 0 radical (unpaired) electrons. The number of rotatable bonds is 7. The standard InChI is InChI=1S/C17H24N4S.HI/c1-3-5-11-19-17(18-4-2)20-12-15-13-22-16(21-15)14-9-7-6-8-10-14;/h6-10,13H,3-5,11-12H2,1-2H3,(H2,18,19,20);1H. The van der Waals surface area contributed by atoms with Crippen molar-refractivity contribution in [2.75, 3.05) is 13.1 Å². The molecule has 2 rings (SSSR count). The summed E-state index contributed by atoms with van der Waals surface area (Å²) in [5.74, 6) is 0.866. The molecule has 0 unspecified atom stereocenters. The third-order valence-corrected chi connectivity index (χ3v) is 4.08. The highest BCUT2D eigenvalue weighted by Gasteiger charge is 2.04. The van der Waals surface area contributed by atoms with Gasteiger partial charge in [0.1, 0.15) is 5.01 Å². The minimum atomic E-state index is 0. The van der Waals surface area contributed by atoms with Crippen LogP contribution in [0.4, 0.5) is 0 Å². The zero-order valence-corrected chi connectivity index (χ0v) is 16.9. The lowest BCUT2D eigenvalue weighted by Gasteiger charge is -2.10. The van der Waals surface area contributed by atoms with Crippen molar-refractivity contribution in [1.82, 2.24) is 15.6 Å². The van der Waals surface area contributed by atoms with Crippen molar-refractivity contribution < 1.29 is 0 Å². The summed E-state index contributed by atoms with van der Waals surface area (Å²) in [6, 6.07) is 10.3. The fourth-order valence-corrected chi connectivity index (χ4v) is 2.80. The van der Waals surface area contributed by atoms with Crippen LogP contribution in [0.15, 0.2) is 40.7 Å². The molecule has 0 amide bonds. The molecule has 23 heavy (non-hydrogen) atoms. The number of thiazole rings is 1. The van der Waals surface area contributed by atoms with E-state index in [0.717, 1.165) is 41.7 Å². The van der Waals surface area contributed by atoms with E-state index in [0.29, 0.717) is 6.54 Å². The van der Waals surface area contributed by atoms with Crippen LogP contribution in [-0.2, 0) is 6.54 Å². The van der Waals surface area contributed by atoms with Gasteiger partial charge >= 0.3 is 0 Å². The van der Waals surface area contributed by atoms with E-state index in [1.54, 1.807) is 11.3 Å². The second-order valence-electron chi connectivity index (χ2n) is 4.99. The van der Waals surface area contributed by atoms with Crippen molar-refractivity contribution in [3.8, 4) is 10.6 Å². The first-order valence-electron chi connectivity index (χ1n) is 7.85. The Bertz CT molecular complexity index is 583. The van der Waals surface area contributed by atoms with Crippen LogP contribution in [0.3, 0.4) is 0 Å². The number of guanidine groups is 1. The van der Waals surface area contributed by atoms with Crippen molar-refractivity contribution in [2.45, 2.75) is 33.2 Å². The molecule has 0 aliphatic heterocycles. The number of nitrogens with one attached hydrogen (secondary N) is 2. The number of aromatic nitrogens is 1. The van der Waals surface area contributed by atoms with Gasteiger partial charge in [0.25, 0.3) is 0 Å². The van der Waals surface area contributed by atoms with Crippen LogP contribution in [0.1, 0.15) is 32.4 Å². The van der Waals surface area contributed by atoms with Crippen LogP contribution < -0.4 is 10.6 Å². The fourth-order valence-electron chi connectivity index (χ4n) is 1.98. The number of benzene rings is 1. The van der Waals surface area contributed by atoms with Gasteiger partial charge in [-0.1, -0.05) is 43.7 Å². The van der Waals surface area contributed by atoms with Gasteiger partial charge in [-0.15, -0.1) is 35.3 Å². The van der Waals surface area contributed by atoms with E-state index in [4.69, 9.17) is 0 Å². The molecule has 0 aliphatic rings. The molecule has 1 aromatic carbocycles. The molecular weight excluding hydrogens is 419 g/mol. The zero-order valence-electron chi connectivity index (χ0n) is 13.7. The number of hydrogen-bond donors (Lipinski definition) is 2. The smallest absolute Gasteiger partial charge is 0.191 e. The Balaban J connectivity index is 0.00000264. The minimum absolute atomic E-state index is 0. The average Bonchev–Trinajstić information content (AvgIpc) is 3.03. The third kappa shape index (κ3) is 6.87. The first-order valence-corrected chi connectivity index (χ1v) is 8.73. The van der Waals surface area contributed by atoms with Crippen LogP contribution in [-0.4, -0.2) is 24.0 Å². The molecule has 0 saturated heterocycles. The van der Waals surface area contributed by atoms with Gasteiger partial charge in [-0.25, -0.2) is 9.98 Å². The minimum Gasteiger partial charge on any atom is -0.357 e. The van der Waals surface area contributed by atoms with Crippen molar-refractivity contribution in [3.63, 3.8) is 0 Å². The summed E-state index contributed by atoms with van der Waals surface area (Å²) >= 11 is 1.67. The van der Waals surface area contributed by atoms with Gasteiger partial charge in [0.15, 0.2) is 5.96 Å². The summed E-state index contributed by atoms with van der Waals surface area (Å²) in [6.07, 6.45) is 2.33. The number of nitrogens with zero attached hydrogens (tertiary/aromatic N) is 2. The maximum atomic E-state index is 4.66. The van der Waals surface area contributed by atoms with E-state index in [-0.39, 0.29) is 24.0 Å². The van der Waals surface area contributed by atoms with Gasteiger partial charge < -0.3 is 10.6 Å². The molecule has 0 fully saturated rings. The molecule has 0 atom stereocenters. The molecule has 0 spiro atoms. The average molecular weight is 444 g/mol. The molecule has 1 heterocycles. The van der Waals surface area contributed by atoms with Crippen LogP contribution in [0, 0.1) is 0 Å². The molecule has 6 heteroatoms. The normalized spacial score (nSPS) is 11.0. The number of halogens is 1. The maximum absolute atomic E-state index is 4.66. The highest BCUT2D eigenvalue weighted by Crippen LogP contribution is 2.23. The Kier molecular flexibility index (Phi) is 9.86. The van der Waals surface area contributed by atoms with E-state index in [9.17, 15) is 0 Å². The monoisotopic (exact) mass is 444 g/mol. The Morgan fingerprint density at radius 1 is 1.17 bits per heavy atom. The van der Waals surface area contributed by atoms with Crippen LogP contribution in [0.25, 0.3) is 10.6 Å². The van der Waals surface area contributed by atoms with E-state index in [1.807, 2.05) is 18.2 Å². The summed E-state index contributed by atoms with van der Waals surface area (Å²) in [7, 11) is 0. The molecular formula is C17H25IN4S. The lowest BCUT2D eigenvalue weighted by Crippen LogP contribution is -2.37. The summed E-state index contributed by atoms with van der Waals surface area (Å²) < 4.78 is 0. The van der Waals surface area contributed by atoms with Crippen molar-refractivity contribution in [1.29, 1.82) is 0 Å². The van der Waals surface area contributed by atoms with Crippen molar-refractivity contribution in [2.24, 2.45) is 4.99 Å². The molecule has 4 nitrogen and oxygen atoms in total. The van der Waals surface area contributed by atoms with E-state index in [2.05, 4.69) is 52.0 Å². The lowest BCUT2D eigenvalue weighted by atomic mass is 10.2. The van der Waals surface area contributed by atoms with Gasteiger partial charge in [0.05, 0.1) is 12.2 Å². The molecule has 2 aromatic rings. The summed E-state index contributed by atoms with van der Waals surface area (Å²) in [5.41, 5.74) is 2.17. The fraction of sp³-hybridized carbons (Fsp3) is 0.412. The van der Waals surface area contributed by atoms with E-state index < -0.39 is 0 Å². The predicted octanol–water partition coefficient (Wildman–Crippen LogP) is 4.28. The molecule has 1 aromatic heterocycles. The predicted molar refractivity (Wildman–Crippen MR) is 111 cm³/mol. The second-order valence-corrected chi connectivity index (χ2v) is 5.84. The second kappa shape index (κ2) is 11.4. The highest BCUT2D eigenvalue weighted by molar-refractivity contribution is 14.0. The third-order valence-electron chi connectivity index (χ3n) is 3.14. The Labute approximate surface area is 159 Å². The van der Waals surface area contributed by atoms with Crippen LogP contribution in [0.5, 0.6) is 0 Å². The first-order chi connectivity index (χ1) is 10.8. The maximum Gasteiger partial charge on any atom is 0.191 e. The lowest BCUT2D eigenvalue weighted by molar-refractivity contribution is 0.729. The molecule has 0 bridgehead atoms.